The van der Waals surface area contributed by atoms with E-state index in [1.165, 1.54) is 0 Å². The molecule has 2 amide bonds. The highest BCUT2D eigenvalue weighted by Crippen LogP contribution is 2.40. The number of halogens is 1. The summed E-state index contributed by atoms with van der Waals surface area (Å²) in [7, 11) is 0. The van der Waals surface area contributed by atoms with Crippen LogP contribution in [0.1, 0.15) is 19.8 Å². The van der Waals surface area contributed by atoms with Crippen LogP contribution < -0.4 is 10.2 Å². The maximum absolute atomic E-state index is 12.6. The van der Waals surface area contributed by atoms with Gasteiger partial charge < -0.3 is 15.1 Å². The molecule has 24 heavy (non-hydrogen) atoms. The van der Waals surface area contributed by atoms with Crippen LogP contribution in [0, 0.1) is 11.8 Å². The summed E-state index contributed by atoms with van der Waals surface area (Å²) in [5, 5.41) is 3.61. The molecule has 2 fully saturated rings. The van der Waals surface area contributed by atoms with Crippen LogP contribution in [-0.2, 0) is 9.59 Å². The van der Waals surface area contributed by atoms with Gasteiger partial charge in [0.25, 0.3) is 0 Å². The van der Waals surface area contributed by atoms with E-state index in [2.05, 4.69) is 10.2 Å². The zero-order chi connectivity index (χ0) is 17.1. The first kappa shape index (κ1) is 17.1. The number of benzene rings is 1. The van der Waals surface area contributed by atoms with E-state index in [1.54, 1.807) is 0 Å². The molecule has 2 unspecified atom stereocenters. The number of hydrogen-bond acceptors (Lipinski definition) is 3. The summed E-state index contributed by atoms with van der Waals surface area (Å²) in [5.74, 6) is -0.0558. The second kappa shape index (κ2) is 7.43. The molecule has 130 valence electrons. The van der Waals surface area contributed by atoms with Crippen molar-refractivity contribution >= 4 is 29.1 Å². The van der Waals surface area contributed by atoms with Gasteiger partial charge in [-0.05, 0) is 31.0 Å². The van der Waals surface area contributed by atoms with Gasteiger partial charge in [-0.1, -0.05) is 24.6 Å². The van der Waals surface area contributed by atoms with Crippen LogP contribution in [0.2, 0.25) is 5.02 Å². The number of hydrogen-bond donors (Lipinski definition) is 1. The molecular formula is C18H24ClN3O2. The van der Waals surface area contributed by atoms with Crippen molar-refractivity contribution in [1.29, 1.82) is 0 Å². The Morgan fingerprint density at radius 1 is 1.21 bits per heavy atom. The predicted octanol–water partition coefficient (Wildman–Crippen LogP) is 2.15. The maximum atomic E-state index is 12.6. The minimum atomic E-state index is -0.116. The lowest BCUT2D eigenvalue weighted by Gasteiger charge is -2.36. The highest BCUT2D eigenvalue weighted by atomic mass is 35.5. The maximum Gasteiger partial charge on any atom is 0.226 e. The van der Waals surface area contributed by atoms with E-state index in [4.69, 9.17) is 11.6 Å². The van der Waals surface area contributed by atoms with Crippen molar-refractivity contribution in [2.45, 2.75) is 19.8 Å². The Kier molecular flexibility index (Phi) is 5.29. The van der Waals surface area contributed by atoms with Crippen molar-refractivity contribution in [3.63, 3.8) is 0 Å². The van der Waals surface area contributed by atoms with E-state index in [-0.39, 0.29) is 23.7 Å². The number of carbonyl (C=O) groups excluding carboxylic acids is 2. The summed E-state index contributed by atoms with van der Waals surface area (Å²) >= 11 is 6.05. The molecule has 2 atom stereocenters. The first-order chi connectivity index (χ1) is 11.6. The zero-order valence-electron chi connectivity index (χ0n) is 14.0. The summed E-state index contributed by atoms with van der Waals surface area (Å²) in [5.41, 5.74) is 1.10. The Labute approximate surface area is 147 Å². The van der Waals surface area contributed by atoms with Crippen molar-refractivity contribution in [2.75, 3.05) is 37.6 Å². The molecule has 0 spiro atoms. The predicted molar refractivity (Wildman–Crippen MR) is 95.1 cm³/mol. The molecular weight excluding hydrogens is 326 g/mol. The van der Waals surface area contributed by atoms with Crippen LogP contribution in [0.25, 0.3) is 0 Å². The van der Waals surface area contributed by atoms with Gasteiger partial charge in [-0.3, -0.25) is 9.59 Å². The van der Waals surface area contributed by atoms with Crippen molar-refractivity contribution in [2.24, 2.45) is 11.8 Å². The van der Waals surface area contributed by atoms with E-state index >= 15 is 0 Å². The first-order valence-corrected chi connectivity index (χ1v) is 9.05. The lowest BCUT2D eigenvalue weighted by molar-refractivity contribution is -0.135. The monoisotopic (exact) mass is 349 g/mol. The van der Waals surface area contributed by atoms with Gasteiger partial charge >= 0.3 is 0 Å². The standard InChI is InChI=1S/C18H24ClN3O2/c1-2-6-20-17(23)15-12-16(15)18(24)22-9-7-21(8-10-22)14-5-3-4-13(19)11-14/h3-5,11,15-16H,2,6-10,12H2,1H3,(H,20,23). The first-order valence-electron chi connectivity index (χ1n) is 8.67. The second-order valence-electron chi connectivity index (χ2n) is 6.53. The Morgan fingerprint density at radius 3 is 2.62 bits per heavy atom. The van der Waals surface area contributed by atoms with Crippen molar-refractivity contribution < 1.29 is 9.59 Å². The van der Waals surface area contributed by atoms with Gasteiger partial charge in [-0.15, -0.1) is 0 Å². The average Bonchev–Trinajstić information content (AvgIpc) is 3.40. The van der Waals surface area contributed by atoms with Gasteiger partial charge in [0.2, 0.25) is 11.8 Å². The van der Waals surface area contributed by atoms with Crippen LogP contribution in [0.15, 0.2) is 24.3 Å². The van der Waals surface area contributed by atoms with Gasteiger partial charge in [0, 0.05) is 43.4 Å². The van der Waals surface area contributed by atoms with E-state index in [9.17, 15) is 9.59 Å². The number of piperazine rings is 1. The molecule has 1 saturated carbocycles. The van der Waals surface area contributed by atoms with Gasteiger partial charge in [0.1, 0.15) is 0 Å². The van der Waals surface area contributed by atoms with Crippen LogP contribution in [0.4, 0.5) is 5.69 Å². The molecule has 3 rings (SSSR count). The fraction of sp³-hybridized carbons (Fsp3) is 0.556. The summed E-state index contributed by atoms with van der Waals surface area (Å²) in [6.07, 6.45) is 1.62. The number of amides is 2. The molecule has 5 nitrogen and oxygen atoms in total. The van der Waals surface area contributed by atoms with Gasteiger partial charge in [0.15, 0.2) is 0 Å². The number of carbonyl (C=O) groups is 2. The molecule has 1 aliphatic carbocycles. The number of nitrogens with one attached hydrogen (secondary N) is 1. The Balaban J connectivity index is 1.49. The summed E-state index contributed by atoms with van der Waals surface area (Å²) in [6, 6.07) is 7.80. The van der Waals surface area contributed by atoms with Crippen molar-refractivity contribution in [3.8, 4) is 0 Å². The van der Waals surface area contributed by atoms with Crippen molar-refractivity contribution in [3.05, 3.63) is 29.3 Å². The van der Waals surface area contributed by atoms with Crippen LogP contribution in [-0.4, -0.2) is 49.4 Å². The lowest BCUT2D eigenvalue weighted by Crippen LogP contribution is -2.49. The molecule has 0 bridgehead atoms. The molecule has 1 aliphatic heterocycles. The third-order valence-corrected chi connectivity index (χ3v) is 4.99. The SMILES string of the molecule is CCCNC(=O)C1CC1C(=O)N1CCN(c2cccc(Cl)c2)CC1. The zero-order valence-corrected chi connectivity index (χ0v) is 14.8. The molecule has 1 N–H and O–H groups in total. The lowest BCUT2D eigenvalue weighted by atomic mass is 10.2. The molecule has 1 heterocycles. The van der Waals surface area contributed by atoms with E-state index in [0.29, 0.717) is 26.1 Å². The van der Waals surface area contributed by atoms with Crippen LogP contribution >= 0.6 is 11.6 Å². The van der Waals surface area contributed by atoms with Gasteiger partial charge in [0.05, 0.1) is 11.8 Å². The minimum Gasteiger partial charge on any atom is -0.368 e. The summed E-state index contributed by atoms with van der Waals surface area (Å²) in [4.78, 5) is 28.6. The molecule has 6 heteroatoms. The topological polar surface area (TPSA) is 52.7 Å². The number of nitrogens with zero attached hydrogens (tertiary/aromatic N) is 2. The smallest absolute Gasteiger partial charge is 0.226 e. The molecule has 0 aromatic heterocycles. The third kappa shape index (κ3) is 3.83. The van der Waals surface area contributed by atoms with Crippen LogP contribution in [0.3, 0.4) is 0 Å². The molecule has 1 saturated heterocycles. The minimum absolute atomic E-state index is 0.0350. The Bertz CT molecular complexity index is 614. The average molecular weight is 350 g/mol. The summed E-state index contributed by atoms with van der Waals surface area (Å²) in [6.45, 7) is 5.71. The second-order valence-corrected chi connectivity index (χ2v) is 6.97. The highest BCUT2D eigenvalue weighted by Gasteiger charge is 2.49. The third-order valence-electron chi connectivity index (χ3n) is 4.76. The van der Waals surface area contributed by atoms with Crippen molar-refractivity contribution in [1.82, 2.24) is 10.2 Å². The van der Waals surface area contributed by atoms with Crippen LogP contribution in [0.5, 0.6) is 0 Å². The fourth-order valence-electron chi connectivity index (χ4n) is 3.23. The number of rotatable bonds is 5. The van der Waals surface area contributed by atoms with Gasteiger partial charge in [-0.2, -0.15) is 0 Å². The van der Waals surface area contributed by atoms with E-state index < -0.39 is 0 Å². The largest absolute Gasteiger partial charge is 0.368 e. The van der Waals surface area contributed by atoms with E-state index in [0.717, 1.165) is 30.2 Å². The Hall–Kier alpha value is -1.75. The molecule has 2 aliphatic rings. The quantitative estimate of drug-likeness (QED) is 0.886. The molecule has 0 radical (unpaired) electrons. The normalized spacial score (nSPS) is 23.1. The summed E-state index contributed by atoms with van der Waals surface area (Å²) < 4.78 is 0. The number of anilines is 1. The van der Waals surface area contributed by atoms with Gasteiger partial charge in [-0.25, -0.2) is 0 Å². The molecule has 1 aromatic rings. The fourth-order valence-corrected chi connectivity index (χ4v) is 3.41. The Morgan fingerprint density at radius 2 is 1.96 bits per heavy atom. The molecule has 1 aromatic carbocycles. The van der Waals surface area contributed by atoms with E-state index in [1.807, 2.05) is 36.1 Å². The highest BCUT2D eigenvalue weighted by molar-refractivity contribution is 6.30.